The first-order valence-corrected chi connectivity index (χ1v) is 7.85. The van der Waals surface area contributed by atoms with Gasteiger partial charge in [-0.3, -0.25) is 4.68 Å². The Balaban J connectivity index is 2.23. The minimum Gasteiger partial charge on any atom is -0.325 e. The van der Waals surface area contributed by atoms with Crippen molar-refractivity contribution in [3.63, 3.8) is 0 Å². The van der Waals surface area contributed by atoms with Gasteiger partial charge in [0.05, 0.1) is 5.69 Å². The predicted molar refractivity (Wildman–Crippen MR) is 84.6 cm³/mol. The Morgan fingerprint density at radius 2 is 1.70 bits per heavy atom. The maximum absolute atomic E-state index is 6.82. The molecule has 3 nitrogen and oxygen atoms in total. The molecule has 3 heteroatoms. The van der Waals surface area contributed by atoms with Crippen LogP contribution in [0.1, 0.15) is 65.3 Å². The maximum atomic E-state index is 6.82. The van der Waals surface area contributed by atoms with Crippen LogP contribution >= 0.6 is 0 Å². The molecule has 2 rings (SSSR count). The molecular formula is C17H31N3. The zero-order valence-corrected chi connectivity index (χ0v) is 14.1. The van der Waals surface area contributed by atoms with Crippen LogP contribution in [0.25, 0.3) is 0 Å². The van der Waals surface area contributed by atoms with Gasteiger partial charge in [-0.05, 0) is 42.6 Å². The molecule has 1 aromatic heterocycles. The van der Waals surface area contributed by atoms with Crippen molar-refractivity contribution in [1.82, 2.24) is 9.78 Å². The van der Waals surface area contributed by atoms with Crippen molar-refractivity contribution in [2.75, 3.05) is 0 Å². The minimum absolute atomic E-state index is 0.107. The van der Waals surface area contributed by atoms with Crippen LogP contribution in [0.15, 0.2) is 6.07 Å². The fourth-order valence-corrected chi connectivity index (χ4v) is 4.78. The van der Waals surface area contributed by atoms with Gasteiger partial charge in [0.25, 0.3) is 0 Å². The summed E-state index contributed by atoms with van der Waals surface area (Å²) in [6.45, 7) is 11.6. The maximum Gasteiger partial charge on any atom is 0.0624 e. The fraction of sp³-hybridized carbons (Fsp3) is 0.824. The molecule has 1 aliphatic carbocycles. The molecule has 0 aliphatic heterocycles. The number of aryl methyl sites for hydroxylation is 2. The van der Waals surface area contributed by atoms with Crippen molar-refractivity contribution >= 4 is 0 Å². The van der Waals surface area contributed by atoms with E-state index >= 15 is 0 Å². The van der Waals surface area contributed by atoms with Gasteiger partial charge in [-0.2, -0.15) is 5.10 Å². The highest BCUT2D eigenvalue weighted by molar-refractivity contribution is 5.15. The molecule has 2 N–H and O–H groups in total. The standard InChI is InChI=1S/C17H31N3/c1-7-13-8-14(20(6)19-13)9-17(18)11-15(2,3)10-16(4,5)12-17/h8H,7,9-12,18H2,1-6H3. The van der Waals surface area contributed by atoms with Crippen LogP contribution < -0.4 is 5.73 Å². The lowest BCUT2D eigenvalue weighted by Crippen LogP contribution is -2.53. The quantitative estimate of drug-likeness (QED) is 0.919. The molecule has 0 aromatic carbocycles. The number of nitrogens with zero attached hydrogens (tertiary/aromatic N) is 2. The van der Waals surface area contributed by atoms with Crippen LogP contribution in [-0.2, 0) is 19.9 Å². The third kappa shape index (κ3) is 3.43. The predicted octanol–water partition coefficient (Wildman–Crippen LogP) is 3.46. The van der Waals surface area contributed by atoms with Gasteiger partial charge in [0, 0.05) is 24.7 Å². The van der Waals surface area contributed by atoms with Crippen LogP contribution in [0.4, 0.5) is 0 Å². The third-order valence-corrected chi connectivity index (χ3v) is 4.54. The summed E-state index contributed by atoms with van der Waals surface area (Å²) in [5.41, 5.74) is 9.80. The fourth-order valence-electron chi connectivity index (χ4n) is 4.78. The third-order valence-electron chi connectivity index (χ3n) is 4.54. The first kappa shape index (κ1) is 15.6. The van der Waals surface area contributed by atoms with E-state index in [1.54, 1.807) is 0 Å². The van der Waals surface area contributed by atoms with Gasteiger partial charge in [-0.1, -0.05) is 34.6 Å². The molecule has 20 heavy (non-hydrogen) atoms. The summed E-state index contributed by atoms with van der Waals surface area (Å²) in [5, 5.41) is 4.56. The number of hydrogen-bond donors (Lipinski definition) is 1. The van der Waals surface area contributed by atoms with Crippen LogP contribution in [0.2, 0.25) is 0 Å². The molecule has 1 saturated carbocycles. The molecule has 1 aromatic rings. The van der Waals surface area contributed by atoms with Gasteiger partial charge in [-0.25, -0.2) is 0 Å². The monoisotopic (exact) mass is 277 g/mol. The second-order valence-corrected chi connectivity index (χ2v) is 8.50. The van der Waals surface area contributed by atoms with Crippen molar-refractivity contribution < 1.29 is 0 Å². The normalized spacial score (nSPS) is 23.8. The molecule has 1 fully saturated rings. The second-order valence-electron chi connectivity index (χ2n) is 8.50. The number of nitrogens with two attached hydrogens (primary N) is 1. The van der Waals surface area contributed by atoms with Crippen LogP contribution in [0.5, 0.6) is 0 Å². The molecule has 0 amide bonds. The first-order chi connectivity index (χ1) is 9.04. The van der Waals surface area contributed by atoms with Crippen molar-refractivity contribution in [2.45, 2.75) is 72.3 Å². The average molecular weight is 277 g/mol. The molecule has 0 radical (unpaired) electrons. The molecule has 0 spiro atoms. The Labute approximate surface area is 123 Å². The highest BCUT2D eigenvalue weighted by Gasteiger charge is 2.45. The van der Waals surface area contributed by atoms with Crippen molar-refractivity contribution in [1.29, 1.82) is 0 Å². The highest BCUT2D eigenvalue weighted by atomic mass is 15.3. The van der Waals surface area contributed by atoms with Gasteiger partial charge >= 0.3 is 0 Å². The summed E-state index contributed by atoms with van der Waals surface area (Å²) in [5.74, 6) is 0. The summed E-state index contributed by atoms with van der Waals surface area (Å²) < 4.78 is 2.02. The molecule has 0 saturated heterocycles. The summed E-state index contributed by atoms with van der Waals surface area (Å²) in [4.78, 5) is 0. The Bertz CT molecular complexity index is 466. The minimum atomic E-state index is -0.107. The Morgan fingerprint density at radius 1 is 1.15 bits per heavy atom. The van der Waals surface area contributed by atoms with Crippen molar-refractivity contribution in [2.24, 2.45) is 23.6 Å². The lowest BCUT2D eigenvalue weighted by Gasteiger charge is -2.50. The van der Waals surface area contributed by atoms with E-state index in [-0.39, 0.29) is 5.54 Å². The lowest BCUT2D eigenvalue weighted by molar-refractivity contribution is 0.0479. The second kappa shape index (κ2) is 4.87. The van der Waals surface area contributed by atoms with Gasteiger partial charge in [-0.15, -0.1) is 0 Å². The molecule has 1 aliphatic rings. The largest absolute Gasteiger partial charge is 0.325 e. The van der Waals surface area contributed by atoms with E-state index in [0.29, 0.717) is 10.8 Å². The highest BCUT2D eigenvalue weighted by Crippen LogP contribution is 2.50. The molecule has 0 bridgehead atoms. The number of hydrogen-bond acceptors (Lipinski definition) is 2. The van der Waals surface area contributed by atoms with Crippen molar-refractivity contribution in [3.05, 3.63) is 17.5 Å². The molecule has 0 atom stereocenters. The number of aromatic nitrogens is 2. The van der Waals surface area contributed by atoms with Crippen LogP contribution in [0, 0.1) is 10.8 Å². The topological polar surface area (TPSA) is 43.8 Å². The molecule has 114 valence electrons. The van der Waals surface area contributed by atoms with E-state index in [1.165, 1.54) is 17.8 Å². The van der Waals surface area contributed by atoms with E-state index in [1.807, 2.05) is 11.7 Å². The van der Waals surface area contributed by atoms with E-state index in [9.17, 15) is 0 Å². The van der Waals surface area contributed by atoms with Gasteiger partial charge in [0.2, 0.25) is 0 Å². The summed E-state index contributed by atoms with van der Waals surface area (Å²) >= 11 is 0. The zero-order chi connectivity index (χ0) is 15.2. The van der Waals surface area contributed by atoms with Crippen LogP contribution in [0.3, 0.4) is 0 Å². The van der Waals surface area contributed by atoms with Crippen molar-refractivity contribution in [3.8, 4) is 0 Å². The molecular weight excluding hydrogens is 246 g/mol. The zero-order valence-electron chi connectivity index (χ0n) is 14.1. The van der Waals surface area contributed by atoms with Gasteiger partial charge < -0.3 is 5.73 Å². The lowest BCUT2D eigenvalue weighted by atomic mass is 9.58. The first-order valence-electron chi connectivity index (χ1n) is 7.85. The van der Waals surface area contributed by atoms with E-state index in [0.717, 1.165) is 25.7 Å². The summed E-state index contributed by atoms with van der Waals surface area (Å²) in [7, 11) is 2.04. The molecule has 1 heterocycles. The summed E-state index contributed by atoms with van der Waals surface area (Å²) in [6, 6.07) is 2.23. The smallest absolute Gasteiger partial charge is 0.0624 e. The Hall–Kier alpha value is -0.830. The van der Waals surface area contributed by atoms with Gasteiger partial charge in [0.1, 0.15) is 0 Å². The van der Waals surface area contributed by atoms with Gasteiger partial charge in [0.15, 0.2) is 0 Å². The van der Waals surface area contributed by atoms with E-state index < -0.39 is 0 Å². The number of rotatable bonds is 3. The Kier molecular flexibility index (Phi) is 3.79. The SMILES string of the molecule is CCc1cc(CC2(N)CC(C)(C)CC(C)(C)C2)n(C)n1. The van der Waals surface area contributed by atoms with E-state index in [4.69, 9.17) is 5.73 Å². The summed E-state index contributed by atoms with van der Waals surface area (Å²) in [6.07, 6.45) is 5.36. The van der Waals surface area contributed by atoms with E-state index in [2.05, 4.69) is 45.8 Å². The van der Waals surface area contributed by atoms with Crippen LogP contribution in [-0.4, -0.2) is 15.3 Å². The average Bonchev–Trinajstić information content (AvgIpc) is 2.53. The Morgan fingerprint density at radius 3 is 2.15 bits per heavy atom. The molecule has 0 unspecified atom stereocenters.